The molecular weight excluding hydrogens is 184 g/mol. The van der Waals surface area contributed by atoms with E-state index in [4.69, 9.17) is 5.73 Å². The van der Waals surface area contributed by atoms with Crippen LogP contribution in [0.4, 0.5) is 0 Å². The van der Waals surface area contributed by atoms with Crippen LogP contribution in [0.2, 0.25) is 0 Å². The van der Waals surface area contributed by atoms with Gasteiger partial charge in [-0.25, -0.2) is 0 Å². The molecule has 15 heavy (non-hydrogen) atoms. The van der Waals surface area contributed by atoms with Crippen LogP contribution in [-0.4, -0.2) is 6.21 Å². The lowest BCUT2D eigenvalue weighted by atomic mass is 10.2. The van der Waals surface area contributed by atoms with E-state index in [2.05, 4.69) is 18.5 Å². The van der Waals surface area contributed by atoms with Gasteiger partial charge in [0.25, 0.3) is 0 Å². The first-order valence-corrected chi connectivity index (χ1v) is 5.74. The van der Waals surface area contributed by atoms with Crippen LogP contribution in [0.3, 0.4) is 0 Å². The number of aliphatic imine (C=N–C) groups is 1. The fourth-order valence-corrected chi connectivity index (χ4v) is 1.35. The maximum Gasteiger partial charge on any atom is 0.0835 e. The number of unbranched alkanes of at least 4 members (excludes halogenated alkanes) is 4. The Labute approximate surface area is 94.0 Å². The molecule has 0 unspecified atom stereocenters. The first-order valence-electron chi connectivity index (χ1n) is 5.74. The van der Waals surface area contributed by atoms with Crippen molar-refractivity contribution in [3.63, 3.8) is 0 Å². The molecule has 0 saturated heterocycles. The van der Waals surface area contributed by atoms with Gasteiger partial charge in [0.2, 0.25) is 0 Å². The molecule has 0 spiro atoms. The fraction of sp³-hybridized carbons (Fsp3) is 0.615. The summed E-state index contributed by atoms with van der Waals surface area (Å²) >= 11 is 0. The number of hydrogen-bond acceptors (Lipinski definition) is 2. The van der Waals surface area contributed by atoms with Crippen molar-refractivity contribution in [2.75, 3.05) is 0 Å². The van der Waals surface area contributed by atoms with Crippen LogP contribution >= 0.6 is 0 Å². The minimum absolute atomic E-state index is 0.555. The Morgan fingerprint density at radius 2 is 1.93 bits per heavy atom. The summed E-state index contributed by atoms with van der Waals surface area (Å²) in [6, 6.07) is 0. The molecule has 0 fully saturated rings. The molecule has 86 valence electrons. The highest BCUT2D eigenvalue weighted by Crippen LogP contribution is 2.10. The maximum absolute atomic E-state index is 5.63. The van der Waals surface area contributed by atoms with E-state index >= 15 is 0 Å². The molecule has 2 nitrogen and oxygen atoms in total. The molecule has 0 rings (SSSR count). The van der Waals surface area contributed by atoms with Gasteiger partial charge in [-0.05, 0) is 32.3 Å². The summed E-state index contributed by atoms with van der Waals surface area (Å²) in [5.41, 5.74) is 8.15. The minimum atomic E-state index is 0.555. The largest absolute Gasteiger partial charge is 0.397 e. The van der Waals surface area contributed by atoms with Crippen LogP contribution < -0.4 is 5.73 Å². The van der Waals surface area contributed by atoms with Gasteiger partial charge < -0.3 is 5.73 Å². The van der Waals surface area contributed by atoms with E-state index in [1.165, 1.54) is 25.7 Å². The Bertz CT molecular complexity index is 245. The summed E-state index contributed by atoms with van der Waals surface area (Å²) in [6.45, 7) is 9.93. The summed E-state index contributed by atoms with van der Waals surface area (Å²) < 4.78 is 0. The summed E-state index contributed by atoms with van der Waals surface area (Å²) in [6.07, 6.45) is 8.07. The molecule has 0 aliphatic heterocycles. The quantitative estimate of drug-likeness (QED) is 0.386. The van der Waals surface area contributed by atoms with E-state index in [1.807, 2.05) is 20.1 Å². The maximum atomic E-state index is 5.63. The fourth-order valence-electron chi connectivity index (χ4n) is 1.35. The zero-order valence-corrected chi connectivity index (χ0v) is 10.3. The molecule has 0 amide bonds. The lowest BCUT2D eigenvalue weighted by Gasteiger charge is -2.02. The Hall–Kier alpha value is -1.05. The molecule has 2 heteroatoms. The molecular formula is C13H24N2. The molecule has 0 bridgehead atoms. The Kier molecular flexibility index (Phi) is 7.69. The van der Waals surface area contributed by atoms with Gasteiger partial charge in [0.15, 0.2) is 0 Å². The second kappa shape index (κ2) is 8.27. The van der Waals surface area contributed by atoms with Crippen molar-refractivity contribution in [3.8, 4) is 0 Å². The summed E-state index contributed by atoms with van der Waals surface area (Å²) in [7, 11) is 0. The van der Waals surface area contributed by atoms with Gasteiger partial charge >= 0.3 is 0 Å². The van der Waals surface area contributed by atoms with Crippen LogP contribution in [0.25, 0.3) is 0 Å². The molecule has 0 aromatic rings. The highest BCUT2D eigenvalue weighted by Gasteiger charge is 1.97. The van der Waals surface area contributed by atoms with Gasteiger partial charge in [-0.1, -0.05) is 32.8 Å². The van der Waals surface area contributed by atoms with Gasteiger partial charge in [0.05, 0.1) is 11.4 Å². The van der Waals surface area contributed by atoms with Crippen LogP contribution in [0, 0.1) is 0 Å². The third-order valence-electron chi connectivity index (χ3n) is 2.18. The smallest absolute Gasteiger partial charge is 0.0835 e. The van der Waals surface area contributed by atoms with Gasteiger partial charge in [0, 0.05) is 6.21 Å². The minimum Gasteiger partial charge on any atom is -0.397 e. The van der Waals surface area contributed by atoms with Crippen molar-refractivity contribution < 1.29 is 0 Å². The van der Waals surface area contributed by atoms with Gasteiger partial charge in [-0.3, -0.25) is 4.99 Å². The highest BCUT2D eigenvalue weighted by atomic mass is 14.8. The second-order valence-electron chi connectivity index (χ2n) is 4.03. The Balaban J connectivity index is 3.94. The van der Waals surface area contributed by atoms with Crippen molar-refractivity contribution in [1.82, 2.24) is 0 Å². The summed E-state index contributed by atoms with van der Waals surface area (Å²) in [5, 5.41) is 0. The Morgan fingerprint density at radius 3 is 2.40 bits per heavy atom. The van der Waals surface area contributed by atoms with E-state index in [-0.39, 0.29) is 0 Å². The van der Waals surface area contributed by atoms with E-state index in [1.54, 1.807) is 0 Å². The first-order chi connectivity index (χ1) is 7.09. The van der Waals surface area contributed by atoms with Gasteiger partial charge in [-0.2, -0.15) is 0 Å². The third-order valence-corrected chi connectivity index (χ3v) is 2.18. The molecule has 0 radical (unpaired) electrons. The molecule has 0 aromatic carbocycles. The van der Waals surface area contributed by atoms with E-state index < -0.39 is 0 Å². The van der Waals surface area contributed by atoms with E-state index in [9.17, 15) is 0 Å². The average molecular weight is 208 g/mol. The number of allylic oxidation sites excluding steroid dienone is 1. The molecule has 0 aliphatic rings. The van der Waals surface area contributed by atoms with Crippen LogP contribution in [0.5, 0.6) is 0 Å². The molecule has 0 saturated carbocycles. The van der Waals surface area contributed by atoms with Crippen molar-refractivity contribution in [3.05, 3.63) is 23.5 Å². The topological polar surface area (TPSA) is 38.4 Å². The second-order valence-corrected chi connectivity index (χ2v) is 4.03. The number of nitrogens with zero attached hydrogens (tertiary/aromatic N) is 1. The Morgan fingerprint density at radius 1 is 1.27 bits per heavy atom. The average Bonchev–Trinajstić information content (AvgIpc) is 2.15. The number of rotatable bonds is 7. The van der Waals surface area contributed by atoms with Crippen molar-refractivity contribution in [1.29, 1.82) is 0 Å². The summed E-state index contributed by atoms with van der Waals surface area (Å²) in [4.78, 5) is 4.35. The first kappa shape index (κ1) is 13.9. The predicted molar refractivity (Wildman–Crippen MR) is 69.0 cm³/mol. The SMILES string of the molecule is C=C(N)C(/N=C\CCCCCC)=C(C)C. The van der Waals surface area contributed by atoms with Crippen molar-refractivity contribution in [2.24, 2.45) is 10.7 Å². The number of nitrogens with two attached hydrogens (primary N) is 1. The number of hydrogen-bond donors (Lipinski definition) is 1. The zero-order chi connectivity index (χ0) is 11.7. The van der Waals surface area contributed by atoms with E-state index in [0.29, 0.717) is 5.70 Å². The highest BCUT2D eigenvalue weighted by molar-refractivity contribution is 5.60. The monoisotopic (exact) mass is 208 g/mol. The van der Waals surface area contributed by atoms with Crippen molar-refractivity contribution in [2.45, 2.75) is 52.9 Å². The molecule has 0 atom stereocenters. The van der Waals surface area contributed by atoms with Crippen LogP contribution in [0.1, 0.15) is 52.9 Å². The summed E-state index contributed by atoms with van der Waals surface area (Å²) in [5.74, 6) is 0. The lowest BCUT2D eigenvalue weighted by molar-refractivity contribution is 0.685. The normalized spacial score (nSPS) is 10.6. The molecule has 2 N–H and O–H groups in total. The lowest BCUT2D eigenvalue weighted by Crippen LogP contribution is -1.99. The predicted octanol–water partition coefficient (Wildman–Crippen LogP) is 3.79. The van der Waals surface area contributed by atoms with Crippen LogP contribution in [0.15, 0.2) is 28.5 Å². The van der Waals surface area contributed by atoms with Crippen LogP contribution in [-0.2, 0) is 0 Å². The third kappa shape index (κ3) is 6.95. The van der Waals surface area contributed by atoms with Gasteiger partial charge in [0.1, 0.15) is 0 Å². The zero-order valence-electron chi connectivity index (χ0n) is 10.3. The standard InChI is InChI=1S/C13H24N2/c1-5-6-7-8-9-10-15-13(11(2)3)12(4)14/h10H,4-9,14H2,1-3H3/b15-10-. The van der Waals surface area contributed by atoms with E-state index in [0.717, 1.165) is 17.7 Å². The van der Waals surface area contributed by atoms with Gasteiger partial charge in [-0.15, -0.1) is 0 Å². The molecule has 0 aliphatic carbocycles. The molecule has 0 aromatic heterocycles. The van der Waals surface area contributed by atoms with Crippen molar-refractivity contribution >= 4 is 6.21 Å². The molecule has 0 heterocycles.